The maximum atomic E-state index is 11.3. The van der Waals surface area contributed by atoms with Crippen LogP contribution in [0.1, 0.15) is 47.1 Å². The number of nitrogens with one attached hydrogen (secondary N) is 1. The fourth-order valence-corrected chi connectivity index (χ4v) is 5.90. The van der Waals surface area contributed by atoms with Crippen LogP contribution in [0, 0.1) is 26.7 Å². The second-order valence-electron chi connectivity index (χ2n) is 11.6. The van der Waals surface area contributed by atoms with E-state index in [1.807, 2.05) is 13.0 Å². The van der Waals surface area contributed by atoms with Crippen LogP contribution in [0.2, 0.25) is 0 Å². The molecule has 0 saturated carbocycles. The van der Waals surface area contributed by atoms with Gasteiger partial charge in [-0.15, -0.1) is 0 Å². The zero-order chi connectivity index (χ0) is 28.9. The average Bonchev–Trinajstić information content (AvgIpc) is 3.37. The molecule has 218 valence electrons. The number of aromatic hydroxyl groups is 1. The Morgan fingerprint density at radius 1 is 1.00 bits per heavy atom. The van der Waals surface area contributed by atoms with E-state index in [0.29, 0.717) is 37.8 Å². The van der Waals surface area contributed by atoms with Crippen LogP contribution in [-0.4, -0.2) is 55.4 Å². The summed E-state index contributed by atoms with van der Waals surface area (Å²) in [7, 11) is 2.19. The molecule has 2 N–H and O–H groups in total. The Hall–Kier alpha value is -3.55. The molecule has 0 spiro atoms. The highest BCUT2D eigenvalue weighted by Crippen LogP contribution is 2.35. The van der Waals surface area contributed by atoms with E-state index in [1.165, 1.54) is 30.5 Å². The van der Waals surface area contributed by atoms with E-state index in [-0.39, 0.29) is 17.8 Å². The van der Waals surface area contributed by atoms with Gasteiger partial charge in [-0.25, -0.2) is 0 Å². The van der Waals surface area contributed by atoms with E-state index in [4.69, 9.17) is 14.2 Å². The highest BCUT2D eigenvalue weighted by molar-refractivity contribution is 5.73. The van der Waals surface area contributed by atoms with E-state index < -0.39 is 0 Å². The lowest BCUT2D eigenvalue weighted by Crippen LogP contribution is -2.34. The third-order valence-corrected chi connectivity index (χ3v) is 8.42. The number of likely N-dealkylation sites (tertiary alicyclic amines) is 1. The Kier molecular flexibility index (Phi) is 9.15. The summed E-state index contributed by atoms with van der Waals surface area (Å²) >= 11 is 0. The number of esters is 1. The minimum atomic E-state index is -0.190. The number of phenolic OH excluding ortho intramolecular Hbond substituents is 1. The lowest BCUT2D eigenvalue weighted by Gasteiger charge is -2.29. The van der Waals surface area contributed by atoms with Gasteiger partial charge in [0.05, 0.1) is 19.1 Å². The van der Waals surface area contributed by atoms with Crippen molar-refractivity contribution in [2.24, 2.45) is 5.92 Å². The topological polar surface area (TPSA) is 80.3 Å². The number of cyclic esters (lactones) is 1. The highest BCUT2D eigenvalue weighted by atomic mass is 16.5. The van der Waals surface area contributed by atoms with Crippen LogP contribution in [0.5, 0.6) is 17.2 Å². The first-order valence-corrected chi connectivity index (χ1v) is 14.6. The first kappa shape index (κ1) is 29.0. The summed E-state index contributed by atoms with van der Waals surface area (Å²) in [5, 5.41) is 13.9. The summed E-state index contributed by atoms with van der Waals surface area (Å²) in [4.78, 5) is 13.7. The van der Waals surface area contributed by atoms with Crippen LogP contribution in [0.25, 0.3) is 11.1 Å². The summed E-state index contributed by atoms with van der Waals surface area (Å²) in [6.45, 7) is 10.5. The van der Waals surface area contributed by atoms with Crippen LogP contribution in [0.4, 0.5) is 0 Å². The molecule has 2 atom stereocenters. The third-order valence-electron chi connectivity index (χ3n) is 8.42. The zero-order valence-electron chi connectivity index (χ0n) is 24.7. The summed E-state index contributed by atoms with van der Waals surface area (Å²) in [6, 6.07) is 16.2. The Morgan fingerprint density at radius 2 is 1.78 bits per heavy atom. The van der Waals surface area contributed by atoms with Crippen LogP contribution in [0.3, 0.4) is 0 Å². The van der Waals surface area contributed by atoms with Crippen molar-refractivity contribution in [3.05, 3.63) is 76.3 Å². The maximum Gasteiger partial charge on any atom is 0.307 e. The van der Waals surface area contributed by atoms with Crippen molar-refractivity contribution in [1.82, 2.24) is 10.2 Å². The molecule has 0 radical (unpaired) electrons. The average molecular weight is 559 g/mol. The fraction of sp³-hybridized carbons (Fsp3) is 0.441. The molecule has 7 heteroatoms. The number of piperidine rings is 1. The van der Waals surface area contributed by atoms with Gasteiger partial charge in [0, 0.05) is 30.6 Å². The SMILES string of the molecule is Cc1cc(CN[C@H]2COC(=O)C2)c(O)cc1OCc1cccc(-c2cccc(OCC3CCCN(C)C3)c2C)c1C. The Labute approximate surface area is 243 Å². The van der Waals surface area contributed by atoms with Gasteiger partial charge < -0.3 is 29.5 Å². The molecule has 2 heterocycles. The van der Waals surface area contributed by atoms with Gasteiger partial charge in [0.1, 0.15) is 30.5 Å². The van der Waals surface area contributed by atoms with Gasteiger partial charge in [-0.2, -0.15) is 0 Å². The normalized spacial score (nSPS) is 19.3. The highest BCUT2D eigenvalue weighted by Gasteiger charge is 2.23. The van der Waals surface area contributed by atoms with Crippen molar-refractivity contribution in [1.29, 1.82) is 0 Å². The molecule has 2 aliphatic rings. The van der Waals surface area contributed by atoms with Gasteiger partial charge in [-0.05, 0) is 92.7 Å². The second kappa shape index (κ2) is 13.0. The number of rotatable bonds is 10. The number of hydrogen-bond donors (Lipinski definition) is 2. The van der Waals surface area contributed by atoms with Crippen LogP contribution < -0.4 is 14.8 Å². The lowest BCUT2D eigenvalue weighted by atomic mass is 9.93. The molecule has 2 fully saturated rings. The molecule has 5 rings (SSSR count). The lowest BCUT2D eigenvalue weighted by molar-refractivity contribution is -0.137. The number of ether oxygens (including phenoxy) is 3. The number of nitrogens with zero attached hydrogens (tertiary/aromatic N) is 1. The number of carbonyl (C=O) groups excluding carboxylic acids is 1. The zero-order valence-corrected chi connectivity index (χ0v) is 24.7. The smallest absolute Gasteiger partial charge is 0.307 e. The Bertz CT molecular complexity index is 1390. The predicted octanol–water partition coefficient (Wildman–Crippen LogP) is 5.69. The number of phenols is 1. The molecule has 2 aliphatic heterocycles. The van der Waals surface area contributed by atoms with E-state index >= 15 is 0 Å². The van der Waals surface area contributed by atoms with Crippen LogP contribution in [0.15, 0.2) is 48.5 Å². The molecular formula is C34H42N2O5. The second-order valence-corrected chi connectivity index (χ2v) is 11.6. The van der Waals surface area contributed by atoms with Gasteiger partial charge in [0.15, 0.2) is 0 Å². The van der Waals surface area contributed by atoms with Gasteiger partial charge in [0.25, 0.3) is 0 Å². The van der Waals surface area contributed by atoms with Crippen LogP contribution in [-0.2, 0) is 22.7 Å². The van der Waals surface area contributed by atoms with Crippen molar-refractivity contribution in [2.75, 3.05) is 33.4 Å². The van der Waals surface area contributed by atoms with Crippen LogP contribution >= 0.6 is 0 Å². The molecule has 0 amide bonds. The summed E-state index contributed by atoms with van der Waals surface area (Å²) in [5.74, 6) is 2.14. The standard InChI is InChI=1S/C34H42N2O5/c1-22-14-27(17-35-28-15-34(38)41-21-28)31(37)16-33(22)40-20-26-9-5-10-29(23(26)2)30-11-6-12-32(24(30)3)39-19-25-8-7-13-36(4)18-25/h5-6,9-12,14,16,25,28,35,37H,7-8,13,15,17-21H2,1-4H3/t25?,28-/m1/s1. The van der Waals surface area contributed by atoms with E-state index in [1.54, 1.807) is 6.07 Å². The largest absolute Gasteiger partial charge is 0.507 e. The summed E-state index contributed by atoms with van der Waals surface area (Å²) < 4.78 is 17.6. The van der Waals surface area contributed by atoms with Gasteiger partial charge in [0.2, 0.25) is 0 Å². The molecule has 0 aliphatic carbocycles. The van der Waals surface area contributed by atoms with Gasteiger partial charge in [-0.3, -0.25) is 4.79 Å². The monoisotopic (exact) mass is 558 g/mol. The minimum Gasteiger partial charge on any atom is -0.507 e. The van der Waals surface area contributed by atoms with Gasteiger partial charge >= 0.3 is 5.97 Å². The number of hydrogen-bond acceptors (Lipinski definition) is 7. The first-order chi connectivity index (χ1) is 19.8. The number of aryl methyl sites for hydroxylation is 1. The van der Waals surface area contributed by atoms with Crippen molar-refractivity contribution in [3.63, 3.8) is 0 Å². The van der Waals surface area contributed by atoms with Crippen molar-refractivity contribution in [3.8, 4) is 28.4 Å². The Balaban J connectivity index is 1.25. The first-order valence-electron chi connectivity index (χ1n) is 14.6. The molecule has 0 aromatic heterocycles. The molecule has 3 aromatic carbocycles. The Morgan fingerprint density at radius 3 is 2.54 bits per heavy atom. The maximum absolute atomic E-state index is 11.3. The van der Waals surface area contributed by atoms with Crippen molar-refractivity contribution < 1.29 is 24.1 Å². The van der Waals surface area contributed by atoms with Gasteiger partial charge in [-0.1, -0.05) is 30.3 Å². The molecule has 7 nitrogen and oxygen atoms in total. The molecular weight excluding hydrogens is 516 g/mol. The minimum absolute atomic E-state index is 0.0248. The van der Waals surface area contributed by atoms with E-state index in [2.05, 4.69) is 67.5 Å². The quantitative estimate of drug-likeness (QED) is 0.310. The van der Waals surface area contributed by atoms with E-state index in [9.17, 15) is 9.90 Å². The van der Waals surface area contributed by atoms with E-state index in [0.717, 1.165) is 46.7 Å². The molecule has 1 unspecified atom stereocenters. The molecule has 3 aromatic rings. The molecule has 2 saturated heterocycles. The molecule has 0 bridgehead atoms. The molecule has 41 heavy (non-hydrogen) atoms. The summed E-state index contributed by atoms with van der Waals surface area (Å²) in [6.07, 6.45) is 2.81. The number of benzene rings is 3. The van der Waals surface area contributed by atoms with Crippen molar-refractivity contribution >= 4 is 5.97 Å². The summed E-state index contributed by atoms with van der Waals surface area (Å²) in [5.41, 5.74) is 7.45. The number of carbonyl (C=O) groups is 1. The van der Waals surface area contributed by atoms with Crippen molar-refractivity contribution in [2.45, 2.75) is 59.2 Å². The third kappa shape index (κ3) is 7.03. The fourth-order valence-electron chi connectivity index (χ4n) is 5.90. The predicted molar refractivity (Wildman–Crippen MR) is 160 cm³/mol.